The van der Waals surface area contributed by atoms with Crippen molar-refractivity contribution >= 4 is 41.2 Å². The van der Waals surface area contributed by atoms with Crippen LogP contribution in [0.3, 0.4) is 0 Å². The monoisotopic (exact) mass is 525 g/mol. The van der Waals surface area contributed by atoms with Gasteiger partial charge in [-0.3, -0.25) is 19.2 Å². The molecule has 1 unspecified atom stereocenters. The van der Waals surface area contributed by atoms with E-state index in [1.807, 2.05) is 30.3 Å². The number of nitrogens with one attached hydrogen (secondary N) is 2. The van der Waals surface area contributed by atoms with E-state index in [1.54, 1.807) is 44.2 Å². The van der Waals surface area contributed by atoms with Crippen molar-refractivity contribution in [3.8, 4) is 0 Å². The highest BCUT2D eigenvalue weighted by Crippen LogP contribution is 2.42. The van der Waals surface area contributed by atoms with Crippen LogP contribution in [0.1, 0.15) is 37.3 Å². The van der Waals surface area contributed by atoms with E-state index in [0.717, 1.165) is 5.56 Å². The van der Waals surface area contributed by atoms with Crippen LogP contribution in [0.15, 0.2) is 60.7 Å². The topological polar surface area (TPSA) is 133 Å². The zero-order valence-corrected chi connectivity index (χ0v) is 21.7. The smallest absolute Gasteiger partial charge is 0.374 e. The van der Waals surface area contributed by atoms with Gasteiger partial charge in [-0.25, -0.2) is 4.79 Å². The average Bonchev–Trinajstić information content (AvgIpc) is 3.32. The van der Waals surface area contributed by atoms with Crippen molar-refractivity contribution < 1.29 is 29.1 Å². The molecule has 0 saturated carbocycles. The van der Waals surface area contributed by atoms with Gasteiger partial charge in [0.15, 0.2) is 0 Å². The molecule has 9 nitrogen and oxygen atoms in total. The van der Waals surface area contributed by atoms with E-state index in [9.17, 15) is 29.1 Å². The van der Waals surface area contributed by atoms with Crippen LogP contribution in [0.2, 0.25) is 0 Å². The third kappa shape index (κ3) is 6.97. The Morgan fingerprint density at radius 2 is 1.57 bits per heavy atom. The van der Waals surface area contributed by atoms with Gasteiger partial charge in [0, 0.05) is 19.1 Å². The summed E-state index contributed by atoms with van der Waals surface area (Å²) in [6, 6.07) is 14.9. The highest BCUT2D eigenvalue weighted by molar-refractivity contribution is 7.99. The Labute approximate surface area is 220 Å². The number of carboxylic acids is 1. The van der Waals surface area contributed by atoms with Crippen molar-refractivity contribution in [2.75, 3.05) is 5.75 Å². The summed E-state index contributed by atoms with van der Waals surface area (Å²) in [5.41, 5.74) is 1.49. The molecule has 10 heteroatoms. The number of rotatable bonds is 10. The van der Waals surface area contributed by atoms with Crippen LogP contribution in [0.4, 0.5) is 0 Å². The Morgan fingerprint density at radius 1 is 0.973 bits per heavy atom. The van der Waals surface area contributed by atoms with Gasteiger partial charge in [-0.1, -0.05) is 74.5 Å². The van der Waals surface area contributed by atoms with Crippen molar-refractivity contribution in [3.05, 3.63) is 71.8 Å². The molecule has 1 aliphatic rings. The first-order valence-electron chi connectivity index (χ1n) is 12.0. The van der Waals surface area contributed by atoms with Crippen LogP contribution in [-0.4, -0.2) is 63.4 Å². The van der Waals surface area contributed by atoms with Gasteiger partial charge in [-0.05, 0) is 17.0 Å². The zero-order chi connectivity index (χ0) is 27.1. The molecule has 1 heterocycles. The van der Waals surface area contributed by atoms with Crippen LogP contribution in [0.5, 0.6) is 0 Å². The minimum Gasteiger partial charge on any atom is -0.475 e. The van der Waals surface area contributed by atoms with Crippen LogP contribution in [-0.2, 0) is 30.4 Å². The summed E-state index contributed by atoms with van der Waals surface area (Å²) in [5.74, 6) is -4.22. The number of aliphatic carboxylic acids is 1. The van der Waals surface area contributed by atoms with Crippen LogP contribution in [0.25, 0.3) is 0 Å². The summed E-state index contributed by atoms with van der Waals surface area (Å²) in [7, 11) is 0. The molecule has 4 atom stereocenters. The Kier molecular flexibility index (Phi) is 9.46. The molecule has 0 radical (unpaired) electrons. The molecule has 2 aromatic rings. The molecule has 37 heavy (non-hydrogen) atoms. The Bertz CT molecular complexity index is 1140. The lowest BCUT2D eigenvalue weighted by molar-refractivity contribution is -0.151. The first kappa shape index (κ1) is 27.9. The van der Waals surface area contributed by atoms with E-state index in [2.05, 4.69) is 10.6 Å². The lowest BCUT2D eigenvalue weighted by Gasteiger charge is -2.34. The fourth-order valence-electron chi connectivity index (χ4n) is 4.22. The minimum absolute atomic E-state index is 0.00581. The van der Waals surface area contributed by atoms with Crippen molar-refractivity contribution in [3.63, 3.8) is 0 Å². The maximum Gasteiger partial charge on any atom is 0.374 e. The third-order valence-electron chi connectivity index (χ3n) is 6.06. The number of ketones is 1. The predicted molar refractivity (Wildman–Crippen MR) is 139 cm³/mol. The molecule has 1 fully saturated rings. The molecule has 196 valence electrons. The van der Waals surface area contributed by atoms with Gasteiger partial charge >= 0.3 is 5.97 Å². The summed E-state index contributed by atoms with van der Waals surface area (Å²) >= 11 is 1.39. The molecule has 0 spiro atoms. The van der Waals surface area contributed by atoms with E-state index >= 15 is 0 Å². The van der Waals surface area contributed by atoms with Gasteiger partial charge in [0.25, 0.3) is 5.78 Å². The fraction of sp³-hybridized carbons (Fsp3) is 0.370. The number of hydrogen-bond acceptors (Lipinski definition) is 6. The van der Waals surface area contributed by atoms with Crippen molar-refractivity contribution in [2.24, 2.45) is 5.92 Å². The van der Waals surface area contributed by atoms with Gasteiger partial charge in [-0.15, -0.1) is 11.8 Å². The number of nitrogens with zero attached hydrogens (tertiary/aromatic N) is 1. The Hall–Kier alpha value is -3.66. The number of amides is 3. The molecule has 3 amide bonds. The Morgan fingerprint density at radius 3 is 2.11 bits per heavy atom. The second kappa shape index (κ2) is 12.5. The standard InChI is InChI=1S/C27H31N3O6S/c1-16(2)22(28-17(3)31)25(34)30-21(15-37-26(30)19-12-8-5-9-13-19)24(33)29-20(23(32)27(35)36)14-18-10-6-4-7-11-18/h4-13,16,20-22,26H,14-15H2,1-3H3,(H,28,31)(H,29,33)(H,35,36)/t20-,21-,22-,26?/m0/s1. The molecule has 3 rings (SSSR count). The molecular weight excluding hydrogens is 494 g/mol. The summed E-state index contributed by atoms with van der Waals surface area (Å²) in [4.78, 5) is 64.6. The van der Waals surface area contributed by atoms with Crippen molar-refractivity contribution in [2.45, 2.75) is 50.7 Å². The summed E-state index contributed by atoms with van der Waals surface area (Å²) in [6.07, 6.45) is -0.00581. The fourth-order valence-corrected chi connectivity index (χ4v) is 5.66. The molecule has 1 saturated heterocycles. The maximum atomic E-state index is 13.8. The number of carbonyl (C=O) groups is 5. The van der Waals surface area contributed by atoms with Crippen molar-refractivity contribution in [1.29, 1.82) is 0 Å². The largest absolute Gasteiger partial charge is 0.475 e. The van der Waals surface area contributed by atoms with E-state index in [0.29, 0.717) is 5.56 Å². The van der Waals surface area contributed by atoms with E-state index in [1.165, 1.54) is 23.6 Å². The minimum atomic E-state index is -1.65. The lowest BCUT2D eigenvalue weighted by atomic mass is 10.00. The first-order chi connectivity index (χ1) is 17.6. The highest BCUT2D eigenvalue weighted by Gasteiger charge is 2.45. The quantitative estimate of drug-likeness (QED) is 0.405. The van der Waals surface area contributed by atoms with E-state index in [-0.39, 0.29) is 24.0 Å². The second-order valence-corrected chi connectivity index (χ2v) is 10.3. The molecule has 1 aliphatic heterocycles. The van der Waals surface area contributed by atoms with Crippen LogP contribution >= 0.6 is 11.8 Å². The number of hydrogen-bond donors (Lipinski definition) is 3. The molecular formula is C27H31N3O6S. The van der Waals surface area contributed by atoms with E-state index < -0.39 is 47.1 Å². The summed E-state index contributed by atoms with van der Waals surface area (Å²) in [6.45, 7) is 4.93. The van der Waals surface area contributed by atoms with E-state index in [4.69, 9.17) is 0 Å². The Balaban J connectivity index is 1.93. The van der Waals surface area contributed by atoms with Gasteiger partial charge in [-0.2, -0.15) is 0 Å². The second-order valence-electron chi connectivity index (χ2n) is 9.20. The van der Waals surface area contributed by atoms with Crippen molar-refractivity contribution in [1.82, 2.24) is 15.5 Å². The molecule has 0 bridgehead atoms. The number of carbonyl (C=O) groups excluding carboxylic acids is 4. The average molecular weight is 526 g/mol. The summed E-state index contributed by atoms with van der Waals surface area (Å²) < 4.78 is 0. The first-order valence-corrected chi connectivity index (χ1v) is 13.0. The van der Waals surface area contributed by atoms with Crippen LogP contribution in [0, 0.1) is 5.92 Å². The number of Topliss-reactive ketones (excluding diaryl/α,β-unsaturated/α-hetero) is 1. The van der Waals surface area contributed by atoms with Gasteiger partial charge in [0.2, 0.25) is 17.7 Å². The highest BCUT2D eigenvalue weighted by atomic mass is 32.2. The SMILES string of the molecule is CC(=O)N[C@H](C(=O)N1C(c2ccccc2)SC[C@H]1C(=O)N[C@@H](Cc1ccccc1)C(=O)C(=O)O)C(C)C. The van der Waals surface area contributed by atoms with Gasteiger partial charge < -0.3 is 20.6 Å². The summed E-state index contributed by atoms with van der Waals surface area (Å²) in [5, 5.41) is 14.1. The molecule has 0 aliphatic carbocycles. The van der Waals surface area contributed by atoms with Gasteiger partial charge in [0.1, 0.15) is 23.5 Å². The molecule has 3 N–H and O–H groups in total. The lowest BCUT2D eigenvalue weighted by Crippen LogP contribution is -2.58. The van der Waals surface area contributed by atoms with Crippen LogP contribution < -0.4 is 10.6 Å². The molecule has 2 aromatic carbocycles. The third-order valence-corrected chi connectivity index (χ3v) is 7.38. The number of thioether (sulfide) groups is 1. The molecule has 0 aromatic heterocycles. The van der Waals surface area contributed by atoms with Gasteiger partial charge in [0.05, 0.1) is 0 Å². The maximum absolute atomic E-state index is 13.8. The number of carboxylic acid groups (broad SMARTS) is 1. The number of benzene rings is 2. The normalized spacial score (nSPS) is 18.6. The predicted octanol–water partition coefficient (Wildman–Crippen LogP) is 2.17. The zero-order valence-electron chi connectivity index (χ0n) is 20.9.